The highest BCUT2D eigenvalue weighted by atomic mass is 16.5. The molecule has 4 heteroatoms. The Bertz CT molecular complexity index is 379. The van der Waals surface area contributed by atoms with Crippen LogP contribution in [-0.2, 0) is 20.7 Å². The molecule has 1 aromatic rings. The third-order valence-corrected chi connectivity index (χ3v) is 2.80. The molecule has 0 aromatic heterocycles. The average Bonchev–Trinajstić information content (AvgIpc) is 2.42. The molecule has 0 aliphatic carbocycles. The van der Waals surface area contributed by atoms with E-state index in [-0.39, 0.29) is 11.9 Å². The molecule has 0 saturated heterocycles. The number of carbonyl (C=O) groups excluding carboxylic acids is 1. The third kappa shape index (κ3) is 4.37. The van der Waals surface area contributed by atoms with Gasteiger partial charge in [-0.25, -0.2) is 0 Å². The van der Waals surface area contributed by atoms with Gasteiger partial charge < -0.3 is 14.8 Å². The minimum atomic E-state index is -0.197. The summed E-state index contributed by atoms with van der Waals surface area (Å²) in [7, 11) is 3.10. The van der Waals surface area contributed by atoms with Crippen molar-refractivity contribution < 1.29 is 14.3 Å². The molecular formula is C14H21NO3. The van der Waals surface area contributed by atoms with Gasteiger partial charge in [-0.3, -0.25) is 4.79 Å². The fraction of sp³-hybridized carbons (Fsp3) is 0.500. The van der Waals surface area contributed by atoms with Crippen molar-refractivity contribution in [3.8, 4) is 0 Å². The number of carbonyl (C=O) groups is 1. The summed E-state index contributed by atoms with van der Waals surface area (Å²) < 4.78 is 9.78. The topological polar surface area (TPSA) is 47.6 Å². The van der Waals surface area contributed by atoms with Crippen LogP contribution in [0.25, 0.3) is 0 Å². The Morgan fingerprint density at radius 2 is 2.06 bits per heavy atom. The number of hydrogen-bond acceptors (Lipinski definition) is 4. The lowest BCUT2D eigenvalue weighted by atomic mass is 10.1. The van der Waals surface area contributed by atoms with Crippen molar-refractivity contribution in [2.24, 2.45) is 5.92 Å². The largest absolute Gasteiger partial charge is 0.469 e. The molecule has 0 aliphatic rings. The van der Waals surface area contributed by atoms with Gasteiger partial charge in [0.25, 0.3) is 0 Å². The smallest absolute Gasteiger partial charge is 0.310 e. The van der Waals surface area contributed by atoms with Gasteiger partial charge in [0.05, 0.1) is 19.6 Å². The van der Waals surface area contributed by atoms with E-state index in [4.69, 9.17) is 9.47 Å². The Morgan fingerprint density at radius 1 is 1.33 bits per heavy atom. The number of methoxy groups -OCH3 is 2. The number of nitrogens with one attached hydrogen (secondary N) is 1. The summed E-state index contributed by atoms with van der Waals surface area (Å²) in [6, 6.07) is 8.04. The number of esters is 1. The summed E-state index contributed by atoms with van der Waals surface area (Å²) in [5, 5.41) is 3.28. The second kappa shape index (κ2) is 7.71. The van der Waals surface area contributed by atoms with Gasteiger partial charge in [0.2, 0.25) is 0 Å². The molecule has 0 amide bonds. The van der Waals surface area contributed by atoms with Crippen molar-refractivity contribution in [3.63, 3.8) is 0 Å². The summed E-state index contributed by atoms with van der Waals surface area (Å²) in [6.45, 7) is 3.10. The van der Waals surface area contributed by atoms with E-state index in [0.29, 0.717) is 13.2 Å². The van der Waals surface area contributed by atoms with Crippen molar-refractivity contribution in [1.29, 1.82) is 0 Å². The summed E-state index contributed by atoms with van der Waals surface area (Å²) in [4.78, 5) is 11.3. The van der Waals surface area contributed by atoms with Crippen molar-refractivity contribution >= 4 is 11.7 Å². The van der Waals surface area contributed by atoms with E-state index in [0.717, 1.165) is 12.1 Å². The lowest BCUT2D eigenvalue weighted by Gasteiger charge is -2.14. The van der Waals surface area contributed by atoms with Crippen LogP contribution in [0.15, 0.2) is 24.3 Å². The van der Waals surface area contributed by atoms with Gasteiger partial charge in [-0.15, -0.1) is 0 Å². The average molecular weight is 251 g/mol. The molecule has 0 saturated carbocycles. The number of ether oxygens (including phenoxy) is 2. The molecule has 1 unspecified atom stereocenters. The molecule has 1 N–H and O–H groups in total. The van der Waals surface area contributed by atoms with E-state index in [2.05, 4.69) is 11.4 Å². The summed E-state index contributed by atoms with van der Waals surface area (Å²) in [5.41, 5.74) is 2.24. The molecule has 1 rings (SSSR count). The lowest BCUT2D eigenvalue weighted by molar-refractivity contribution is -0.144. The summed E-state index contributed by atoms with van der Waals surface area (Å²) in [5.74, 6) is -0.359. The molecule has 0 fully saturated rings. The zero-order valence-electron chi connectivity index (χ0n) is 11.2. The number of hydrogen-bond donors (Lipinski definition) is 1. The van der Waals surface area contributed by atoms with Crippen LogP contribution in [-0.4, -0.2) is 33.3 Å². The molecule has 100 valence electrons. The number of benzene rings is 1. The summed E-state index contributed by atoms with van der Waals surface area (Å²) >= 11 is 0. The SMILES string of the molecule is COCCc1ccccc1NCC(C)C(=O)OC. The molecule has 18 heavy (non-hydrogen) atoms. The zero-order chi connectivity index (χ0) is 13.4. The molecule has 0 aliphatic heterocycles. The summed E-state index contributed by atoms with van der Waals surface area (Å²) in [6.07, 6.45) is 0.853. The highest BCUT2D eigenvalue weighted by Crippen LogP contribution is 2.16. The van der Waals surface area contributed by atoms with Gasteiger partial charge in [0.15, 0.2) is 0 Å². The van der Waals surface area contributed by atoms with Gasteiger partial charge in [-0.05, 0) is 18.1 Å². The molecule has 1 atom stereocenters. The standard InChI is InChI=1S/C14H21NO3/c1-11(14(16)18-3)10-15-13-7-5-4-6-12(13)8-9-17-2/h4-7,11,15H,8-10H2,1-3H3. The first-order valence-corrected chi connectivity index (χ1v) is 6.07. The zero-order valence-corrected chi connectivity index (χ0v) is 11.2. The van der Waals surface area contributed by atoms with E-state index in [9.17, 15) is 4.79 Å². The van der Waals surface area contributed by atoms with Gasteiger partial charge in [-0.2, -0.15) is 0 Å². The highest BCUT2D eigenvalue weighted by molar-refractivity contribution is 5.72. The van der Waals surface area contributed by atoms with Crippen molar-refractivity contribution in [2.45, 2.75) is 13.3 Å². The van der Waals surface area contributed by atoms with Gasteiger partial charge in [-0.1, -0.05) is 25.1 Å². The van der Waals surface area contributed by atoms with Crippen LogP contribution in [0, 0.1) is 5.92 Å². The van der Waals surface area contributed by atoms with E-state index in [1.807, 2.05) is 25.1 Å². The minimum Gasteiger partial charge on any atom is -0.469 e. The fourth-order valence-electron chi connectivity index (χ4n) is 1.67. The molecule has 1 aromatic carbocycles. The second-order valence-corrected chi connectivity index (χ2v) is 4.21. The first kappa shape index (κ1) is 14.5. The van der Waals surface area contributed by atoms with E-state index in [1.54, 1.807) is 7.11 Å². The predicted molar refractivity (Wildman–Crippen MR) is 71.7 cm³/mol. The normalized spacial score (nSPS) is 11.9. The Morgan fingerprint density at radius 3 is 2.72 bits per heavy atom. The van der Waals surface area contributed by atoms with E-state index in [1.165, 1.54) is 12.7 Å². The Kier molecular flexibility index (Phi) is 6.22. The van der Waals surface area contributed by atoms with E-state index >= 15 is 0 Å². The lowest BCUT2D eigenvalue weighted by Crippen LogP contribution is -2.21. The van der Waals surface area contributed by atoms with Crippen molar-refractivity contribution in [1.82, 2.24) is 0 Å². The molecule has 0 radical (unpaired) electrons. The third-order valence-electron chi connectivity index (χ3n) is 2.80. The van der Waals surface area contributed by atoms with Crippen LogP contribution in [0.4, 0.5) is 5.69 Å². The maximum absolute atomic E-state index is 11.3. The van der Waals surface area contributed by atoms with Crippen LogP contribution in [0.5, 0.6) is 0 Å². The van der Waals surface area contributed by atoms with Crippen molar-refractivity contribution in [3.05, 3.63) is 29.8 Å². The van der Waals surface area contributed by atoms with Gasteiger partial charge in [0.1, 0.15) is 0 Å². The van der Waals surface area contributed by atoms with E-state index < -0.39 is 0 Å². The maximum Gasteiger partial charge on any atom is 0.310 e. The number of para-hydroxylation sites is 1. The molecule has 0 bridgehead atoms. The Labute approximate surface area is 108 Å². The van der Waals surface area contributed by atoms with Crippen LogP contribution < -0.4 is 5.32 Å². The fourth-order valence-corrected chi connectivity index (χ4v) is 1.67. The monoisotopic (exact) mass is 251 g/mol. The number of anilines is 1. The molecule has 4 nitrogen and oxygen atoms in total. The minimum absolute atomic E-state index is 0.162. The molecule has 0 heterocycles. The Hall–Kier alpha value is -1.55. The van der Waals surface area contributed by atoms with Crippen LogP contribution in [0.2, 0.25) is 0 Å². The Balaban J connectivity index is 2.58. The first-order chi connectivity index (χ1) is 8.69. The predicted octanol–water partition coefficient (Wildman–Crippen LogP) is 2.10. The van der Waals surface area contributed by atoms with Crippen LogP contribution in [0.1, 0.15) is 12.5 Å². The molecule has 0 spiro atoms. The second-order valence-electron chi connectivity index (χ2n) is 4.21. The van der Waals surface area contributed by atoms with Gasteiger partial charge in [0, 0.05) is 19.3 Å². The van der Waals surface area contributed by atoms with Crippen LogP contribution in [0.3, 0.4) is 0 Å². The van der Waals surface area contributed by atoms with Crippen LogP contribution >= 0.6 is 0 Å². The number of rotatable bonds is 7. The van der Waals surface area contributed by atoms with Gasteiger partial charge >= 0.3 is 5.97 Å². The highest BCUT2D eigenvalue weighted by Gasteiger charge is 2.13. The van der Waals surface area contributed by atoms with Crippen molar-refractivity contribution in [2.75, 3.05) is 32.7 Å². The molecular weight excluding hydrogens is 230 g/mol. The first-order valence-electron chi connectivity index (χ1n) is 6.07. The maximum atomic E-state index is 11.3. The quantitative estimate of drug-likeness (QED) is 0.754.